The molecule has 0 N–H and O–H groups in total. The van der Waals surface area contributed by atoms with Crippen molar-refractivity contribution in [2.75, 3.05) is 0 Å². The van der Waals surface area contributed by atoms with E-state index in [2.05, 4.69) is 122 Å². The quantitative estimate of drug-likeness (QED) is 0.139. The Labute approximate surface area is 814 Å². The second kappa shape index (κ2) is 141. The number of rotatable bonds is 10. The third-order valence-electron chi connectivity index (χ3n) is 6.90. The molecule has 0 aliphatic carbocycles. The van der Waals surface area contributed by atoms with Crippen LogP contribution in [0.3, 0.4) is 0 Å². The van der Waals surface area contributed by atoms with Crippen LogP contribution in [0.25, 0.3) is 16.7 Å². The van der Waals surface area contributed by atoms with Gasteiger partial charge < -0.3 is 5.92 Å². The third-order valence-corrected chi connectivity index (χ3v) is 6.90. The molecule has 0 spiro atoms. The van der Waals surface area contributed by atoms with Gasteiger partial charge in [0.2, 0.25) is 0 Å². The van der Waals surface area contributed by atoms with Gasteiger partial charge in [-0.1, -0.05) is 242 Å². The average molecular weight is 2050 g/mol. The topological polar surface area (TPSA) is 0 Å². The SMILES string of the molecule is C=C([CH-]CC)c1ccccc1.C=C([CH2-])c1ccccc1.C=C(c1ccccc1)[C-](C)CC.CC.CC.CC.CC.CC.CC.CC.CC.CC[C-](C)Cc1ccccc1.[Y].[Y].[Y].[Y].[Y].[Y].[Y].[Y].[Y].[Y].[Y].[Y].[Y].[Y]. The van der Waals surface area contributed by atoms with Crippen LogP contribution in [0.4, 0.5) is 0 Å². The zero-order valence-electron chi connectivity index (χ0n) is 51.4. The first-order valence-electron chi connectivity index (χ1n) is 23.3. The molecule has 0 atom stereocenters. The summed E-state index contributed by atoms with van der Waals surface area (Å²) in [6, 6.07) is 41.1. The summed E-state index contributed by atoms with van der Waals surface area (Å²) in [6.45, 7) is 58.3. The molecule has 0 unspecified atom stereocenters. The molecule has 0 aliphatic rings. The molecule has 4 aromatic carbocycles. The molecule has 0 saturated heterocycles. The first-order valence-corrected chi connectivity index (χ1v) is 23.3. The van der Waals surface area contributed by atoms with Crippen LogP contribution in [0.2, 0.25) is 0 Å². The summed E-state index contributed by atoms with van der Waals surface area (Å²) in [4.78, 5) is 0. The average Bonchev–Trinajstić information content (AvgIpc) is 3.35. The first kappa shape index (κ1) is 151. The van der Waals surface area contributed by atoms with Crippen LogP contribution in [-0.2, 0) is 464 Å². The van der Waals surface area contributed by atoms with E-state index < -0.39 is 0 Å². The summed E-state index contributed by atoms with van der Waals surface area (Å²) in [5.41, 5.74) is 8.14. The van der Waals surface area contributed by atoms with Crippen LogP contribution >= 0.6 is 0 Å². The van der Waals surface area contributed by atoms with Gasteiger partial charge in [-0.2, -0.15) is 75.5 Å². The van der Waals surface area contributed by atoms with Crippen molar-refractivity contribution in [2.45, 2.75) is 171 Å². The molecule has 4 rings (SSSR count). The Balaban J connectivity index is -0.0000000205. The van der Waals surface area contributed by atoms with Crippen molar-refractivity contribution in [1.29, 1.82) is 0 Å². The van der Waals surface area contributed by atoms with E-state index in [9.17, 15) is 0 Å². The van der Waals surface area contributed by atoms with Crippen LogP contribution in [0, 0.1) is 25.2 Å². The predicted molar refractivity (Wildman–Crippen MR) is 286 cm³/mol. The molecule has 73 heavy (non-hydrogen) atoms. The maximum Gasteiger partial charge on any atom is 0 e. The van der Waals surface area contributed by atoms with E-state index >= 15 is 0 Å². The van der Waals surface area contributed by atoms with Crippen LogP contribution in [0.1, 0.15) is 187 Å². The minimum atomic E-state index is 0. The summed E-state index contributed by atoms with van der Waals surface area (Å²) in [7, 11) is 0. The minimum Gasteiger partial charge on any atom is -0.313 e. The van der Waals surface area contributed by atoms with Gasteiger partial charge in [0.15, 0.2) is 0 Å². The number of hydrogen-bond donors (Lipinski definition) is 0. The van der Waals surface area contributed by atoms with Crippen LogP contribution in [-0.4, -0.2) is 0 Å². The van der Waals surface area contributed by atoms with E-state index in [1.807, 2.05) is 178 Å². The fourth-order valence-electron chi connectivity index (χ4n) is 3.86. The molecular formula is C59H100Y14-4. The monoisotopic (exact) mass is 2050 g/mol. The summed E-state index contributed by atoms with van der Waals surface area (Å²) >= 11 is 0. The van der Waals surface area contributed by atoms with Crippen molar-refractivity contribution in [2.24, 2.45) is 0 Å². The van der Waals surface area contributed by atoms with Gasteiger partial charge in [-0.15, -0.1) is 53.1 Å². The standard InChI is InChI=1S/C12H15.C11H15.C11H13.C9H9.8C2H6.14Y/c1-4-10(2)11(3)12-8-6-5-7-9-12;1-3-10(2)9-11-7-5-4-6-8-11;1-3-7-10(2)11-8-5-4-6-9-11;1-8(2)9-6-4-3-5-7-9;8*1-2;;;;;;;;;;;;;;/h5-9H,3-4H2,1-2H3;4-8H,3,9H2,1-2H3;4-9H,2-3H2,1H3;3-7H,1-2H2;8*1-2H3;;;;;;;;;;;;;;/q4*-1;;;;;;;;;;;;;;;;;;;;;;. The molecule has 0 heterocycles. The van der Waals surface area contributed by atoms with Gasteiger partial charge in [-0.3, -0.25) is 0 Å². The maximum absolute atomic E-state index is 4.06. The summed E-state index contributed by atoms with van der Waals surface area (Å²) in [5, 5.41) is 0. The first-order chi connectivity index (χ1) is 28.7. The van der Waals surface area contributed by atoms with Crippen molar-refractivity contribution < 1.29 is 458 Å². The summed E-state index contributed by atoms with van der Waals surface area (Å²) < 4.78 is 0. The minimum absolute atomic E-state index is 0. The molecule has 0 saturated carbocycles. The number of benzene rings is 4. The van der Waals surface area contributed by atoms with Crippen molar-refractivity contribution in [3.05, 3.63) is 188 Å². The summed E-state index contributed by atoms with van der Waals surface area (Å²) in [5.74, 6) is 2.91. The van der Waals surface area contributed by atoms with Crippen molar-refractivity contribution in [1.82, 2.24) is 0 Å². The van der Waals surface area contributed by atoms with Crippen molar-refractivity contribution >= 4 is 16.7 Å². The molecule has 382 valence electrons. The second-order valence-electron chi connectivity index (χ2n) is 10.4. The van der Waals surface area contributed by atoms with E-state index in [-0.39, 0.29) is 458 Å². The Hall–Kier alpha value is 11.2. The van der Waals surface area contributed by atoms with Gasteiger partial charge in [0, 0.05) is 458 Å². The van der Waals surface area contributed by atoms with Gasteiger partial charge in [-0.25, -0.2) is 0 Å². The van der Waals surface area contributed by atoms with Gasteiger partial charge >= 0.3 is 0 Å². The predicted octanol–water partition coefficient (Wildman–Crippen LogP) is 21.0. The largest absolute Gasteiger partial charge is 0.313 e. The van der Waals surface area contributed by atoms with Crippen LogP contribution in [0.5, 0.6) is 0 Å². The molecule has 4 aromatic rings. The Bertz CT molecular complexity index is 1320. The molecule has 0 aliphatic heterocycles. The number of hydrogen-bond acceptors (Lipinski definition) is 0. The second-order valence-corrected chi connectivity index (χ2v) is 10.4. The Morgan fingerprint density at radius 1 is 0.384 bits per heavy atom. The van der Waals surface area contributed by atoms with Gasteiger partial charge in [0.25, 0.3) is 0 Å². The third kappa shape index (κ3) is 111. The maximum atomic E-state index is 4.06. The molecule has 0 bridgehead atoms. The van der Waals surface area contributed by atoms with Gasteiger partial charge in [0.1, 0.15) is 0 Å². The smallest absolute Gasteiger partial charge is 0 e. The van der Waals surface area contributed by atoms with Crippen molar-refractivity contribution in [3.63, 3.8) is 0 Å². The van der Waals surface area contributed by atoms with E-state index in [4.69, 9.17) is 0 Å². The molecular weight excluding hydrogens is 1950 g/mol. The van der Waals surface area contributed by atoms with E-state index in [0.717, 1.165) is 41.5 Å². The number of allylic oxidation sites excluding steroid dienone is 3. The van der Waals surface area contributed by atoms with E-state index in [1.54, 1.807) is 5.92 Å². The molecule has 14 radical (unpaired) electrons. The fraction of sp³-hybridized carbons (Fsp3) is 0.424. The molecule has 0 fully saturated rings. The van der Waals surface area contributed by atoms with Crippen LogP contribution in [0.15, 0.2) is 141 Å². The van der Waals surface area contributed by atoms with Gasteiger partial charge in [0.05, 0.1) is 0 Å². The van der Waals surface area contributed by atoms with E-state index in [1.165, 1.54) is 29.0 Å². The summed E-state index contributed by atoms with van der Waals surface area (Å²) in [6.07, 6.45) is 6.59. The Morgan fingerprint density at radius 3 is 0.849 bits per heavy atom. The molecule has 0 amide bonds. The molecule has 0 nitrogen and oxygen atoms in total. The zero-order chi connectivity index (χ0) is 47.9. The molecule has 0 aromatic heterocycles. The fourth-order valence-corrected chi connectivity index (χ4v) is 3.86. The van der Waals surface area contributed by atoms with E-state index in [0.29, 0.717) is 0 Å². The zero-order valence-corrected chi connectivity index (χ0v) is 91.1. The van der Waals surface area contributed by atoms with Crippen molar-refractivity contribution in [3.8, 4) is 0 Å². The van der Waals surface area contributed by atoms with Crippen LogP contribution < -0.4 is 0 Å². The molecule has 14 heteroatoms. The Kier molecular flexibility index (Phi) is 290. The Morgan fingerprint density at radius 2 is 0.630 bits per heavy atom. The normalized spacial score (nSPS) is 6.27. The van der Waals surface area contributed by atoms with Gasteiger partial charge in [-0.05, 0) is 0 Å².